The van der Waals surface area contributed by atoms with Crippen LogP contribution in [0.25, 0.3) is 0 Å². The molecule has 1 aromatic heterocycles. The van der Waals surface area contributed by atoms with Gasteiger partial charge in [0.15, 0.2) is 0 Å². The number of thiophene rings is 1. The maximum Gasteiger partial charge on any atom is 0.119 e. The average molecular weight is 312 g/mol. The minimum atomic E-state index is 0.843. The summed E-state index contributed by atoms with van der Waals surface area (Å²) < 4.78 is 6.35. The Morgan fingerprint density at radius 3 is 2.76 bits per heavy atom. The van der Waals surface area contributed by atoms with E-state index in [1.54, 1.807) is 18.4 Å². The van der Waals surface area contributed by atoms with Crippen molar-refractivity contribution in [3.63, 3.8) is 0 Å². The molecule has 2 aromatic rings. The summed E-state index contributed by atoms with van der Waals surface area (Å²) in [7, 11) is 1.69. The Morgan fingerprint density at radius 2 is 2.18 bits per heavy atom. The number of rotatable bonds is 4. The quantitative estimate of drug-likeness (QED) is 0.901. The molecule has 1 heterocycles. The van der Waals surface area contributed by atoms with Crippen LogP contribution in [0.1, 0.15) is 11.1 Å². The van der Waals surface area contributed by atoms with E-state index in [0.29, 0.717) is 0 Å². The Labute approximate surface area is 114 Å². The smallest absolute Gasteiger partial charge is 0.119 e. The summed E-state index contributed by atoms with van der Waals surface area (Å²) in [6.07, 6.45) is 0. The number of hydrogen-bond acceptors (Lipinski definition) is 3. The van der Waals surface area contributed by atoms with Gasteiger partial charge >= 0.3 is 0 Å². The number of ether oxygens (including phenoxy) is 1. The number of nitrogens with one attached hydrogen (secondary N) is 1. The van der Waals surface area contributed by atoms with Gasteiger partial charge in [0.1, 0.15) is 5.75 Å². The maximum absolute atomic E-state index is 5.18. The van der Waals surface area contributed by atoms with Crippen molar-refractivity contribution in [2.75, 3.05) is 12.4 Å². The Bertz CT molecular complexity index is 510. The molecular formula is C13H14BrNOS. The highest BCUT2D eigenvalue weighted by atomic mass is 79.9. The zero-order valence-electron chi connectivity index (χ0n) is 9.79. The van der Waals surface area contributed by atoms with Crippen LogP contribution in [0.4, 0.5) is 5.69 Å². The molecule has 0 saturated carbocycles. The van der Waals surface area contributed by atoms with Gasteiger partial charge in [-0.15, -0.1) is 11.3 Å². The number of halogens is 1. The number of benzene rings is 1. The zero-order chi connectivity index (χ0) is 12.3. The third-order valence-electron chi connectivity index (χ3n) is 2.54. The minimum Gasteiger partial charge on any atom is -0.497 e. The molecular weight excluding hydrogens is 298 g/mol. The summed E-state index contributed by atoms with van der Waals surface area (Å²) in [6, 6.07) is 8.19. The molecule has 0 bridgehead atoms. The first-order chi connectivity index (χ1) is 8.19. The van der Waals surface area contributed by atoms with Gasteiger partial charge in [-0.05, 0) is 63.6 Å². The second-order valence-electron chi connectivity index (χ2n) is 3.79. The number of hydrogen-bond donors (Lipinski definition) is 1. The van der Waals surface area contributed by atoms with Crippen LogP contribution in [-0.4, -0.2) is 7.11 Å². The molecule has 0 amide bonds. The zero-order valence-corrected chi connectivity index (χ0v) is 12.2. The monoisotopic (exact) mass is 311 g/mol. The average Bonchev–Trinajstić information content (AvgIpc) is 2.73. The lowest BCUT2D eigenvalue weighted by molar-refractivity contribution is 0.414. The molecule has 2 rings (SSSR count). The van der Waals surface area contributed by atoms with E-state index in [-0.39, 0.29) is 0 Å². The van der Waals surface area contributed by atoms with E-state index in [0.717, 1.165) is 18.0 Å². The standard InChI is InChI=1S/C13H14BrNOS/c1-9-5-11(16-2)3-4-12(9)15-7-10-6-13(14)17-8-10/h3-6,8,15H,7H2,1-2H3. The van der Waals surface area contributed by atoms with Gasteiger partial charge in [-0.3, -0.25) is 0 Å². The molecule has 0 aliphatic heterocycles. The van der Waals surface area contributed by atoms with Crippen LogP contribution >= 0.6 is 27.3 Å². The molecule has 0 aliphatic carbocycles. The van der Waals surface area contributed by atoms with Gasteiger partial charge in [-0.25, -0.2) is 0 Å². The van der Waals surface area contributed by atoms with Crippen molar-refractivity contribution in [2.24, 2.45) is 0 Å². The van der Waals surface area contributed by atoms with Gasteiger partial charge in [0, 0.05) is 12.2 Å². The Balaban J connectivity index is 2.04. The molecule has 0 saturated heterocycles. The highest BCUT2D eigenvalue weighted by molar-refractivity contribution is 9.11. The van der Waals surface area contributed by atoms with Crippen molar-refractivity contribution < 1.29 is 4.74 Å². The third-order valence-corrected chi connectivity index (χ3v) is 4.09. The predicted molar refractivity (Wildman–Crippen MR) is 77.1 cm³/mol. The molecule has 2 nitrogen and oxygen atoms in total. The second kappa shape index (κ2) is 5.56. The van der Waals surface area contributed by atoms with Gasteiger partial charge in [-0.2, -0.15) is 0 Å². The summed E-state index contributed by atoms with van der Waals surface area (Å²) in [4.78, 5) is 0. The van der Waals surface area contributed by atoms with E-state index in [2.05, 4.69) is 45.7 Å². The number of methoxy groups -OCH3 is 1. The molecule has 1 N–H and O–H groups in total. The van der Waals surface area contributed by atoms with Crippen LogP contribution in [0.3, 0.4) is 0 Å². The number of aryl methyl sites for hydroxylation is 1. The molecule has 1 aromatic carbocycles. The van der Waals surface area contributed by atoms with Crippen LogP contribution in [0, 0.1) is 6.92 Å². The SMILES string of the molecule is COc1ccc(NCc2csc(Br)c2)c(C)c1. The lowest BCUT2D eigenvalue weighted by Crippen LogP contribution is -2.00. The lowest BCUT2D eigenvalue weighted by atomic mass is 10.2. The van der Waals surface area contributed by atoms with Gasteiger partial charge in [0.2, 0.25) is 0 Å². The molecule has 0 spiro atoms. The largest absolute Gasteiger partial charge is 0.497 e. The van der Waals surface area contributed by atoms with E-state index < -0.39 is 0 Å². The van der Waals surface area contributed by atoms with Gasteiger partial charge < -0.3 is 10.1 Å². The van der Waals surface area contributed by atoms with E-state index in [4.69, 9.17) is 4.74 Å². The van der Waals surface area contributed by atoms with Crippen LogP contribution in [0.5, 0.6) is 5.75 Å². The maximum atomic E-state index is 5.18. The lowest BCUT2D eigenvalue weighted by Gasteiger charge is -2.10. The van der Waals surface area contributed by atoms with Gasteiger partial charge in [-0.1, -0.05) is 0 Å². The van der Waals surface area contributed by atoms with Crippen LogP contribution in [0.15, 0.2) is 33.4 Å². The van der Waals surface area contributed by atoms with Gasteiger partial charge in [0.05, 0.1) is 10.9 Å². The van der Waals surface area contributed by atoms with E-state index >= 15 is 0 Å². The first kappa shape index (κ1) is 12.5. The fourth-order valence-corrected chi connectivity index (χ4v) is 2.81. The van der Waals surface area contributed by atoms with Crippen LogP contribution in [0.2, 0.25) is 0 Å². The molecule has 0 aliphatic rings. The number of anilines is 1. The minimum absolute atomic E-state index is 0.843. The van der Waals surface area contributed by atoms with E-state index in [1.165, 1.54) is 14.9 Å². The van der Waals surface area contributed by atoms with Crippen molar-refractivity contribution in [3.8, 4) is 5.75 Å². The third kappa shape index (κ3) is 3.23. The normalized spacial score (nSPS) is 10.3. The summed E-state index contributed by atoms with van der Waals surface area (Å²) in [5.74, 6) is 0.895. The molecule has 0 radical (unpaired) electrons. The van der Waals surface area contributed by atoms with Crippen molar-refractivity contribution >= 4 is 33.0 Å². The summed E-state index contributed by atoms with van der Waals surface area (Å²) in [5.41, 5.74) is 3.63. The summed E-state index contributed by atoms with van der Waals surface area (Å²) in [5, 5.41) is 5.57. The Kier molecular flexibility index (Phi) is 4.07. The Morgan fingerprint density at radius 1 is 1.35 bits per heavy atom. The van der Waals surface area contributed by atoms with E-state index in [9.17, 15) is 0 Å². The van der Waals surface area contributed by atoms with Crippen LogP contribution in [-0.2, 0) is 6.54 Å². The molecule has 17 heavy (non-hydrogen) atoms. The topological polar surface area (TPSA) is 21.3 Å². The van der Waals surface area contributed by atoms with Crippen molar-refractivity contribution in [1.29, 1.82) is 0 Å². The fraction of sp³-hybridized carbons (Fsp3) is 0.231. The fourth-order valence-electron chi connectivity index (χ4n) is 1.60. The predicted octanol–water partition coefficient (Wildman–Crippen LogP) is 4.44. The summed E-state index contributed by atoms with van der Waals surface area (Å²) >= 11 is 5.17. The van der Waals surface area contributed by atoms with Crippen molar-refractivity contribution in [1.82, 2.24) is 0 Å². The van der Waals surface area contributed by atoms with Crippen molar-refractivity contribution in [3.05, 3.63) is 44.6 Å². The molecule has 0 unspecified atom stereocenters. The van der Waals surface area contributed by atoms with Gasteiger partial charge in [0.25, 0.3) is 0 Å². The highest BCUT2D eigenvalue weighted by Crippen LogP contribution is 2.24. The second-order valence-corrected chi connectivity index (χ2v) is 6.08. The molecule has 90 valence electrons. The van der Waals surface area contributed by atoms with E-state index in [1.807, 2.05) is 12.1 Å². The first-order valence-corrected chi connectivity index (χ1v) is 6.97. The highest BCUT2D eigenvalue weighted by Gasteiger charge is 2.01. The van der Waals surface area contributed by atoms with Crippen LogP contribution < -0.4 is 10.1 Å². The molecule has 0 fully saturated rings. The summed E-state index contributed by atoms with van der Waals surface area (Å²) in [6.45, 7) is 2.92. The first-order valence-electron chi connectivity index (χ1n) is 5.30. The molecule has 0 atom stereocenters. The Hall–Kier alpha value is -1.00. The molecule has 4 heteroatoms. The van der Waals surface area contributed by atoms with Crippen molar-refractivity contribution in [2.45, 2.75) is 13.5 Å².